The van der Waals surface area contributed by atoms with Gasteiger partial charge in [0, 0.05) is 0 Å². The molecule has 2 aliphatic heterocycles. The number of methoxy groups -OCH3 is 2. The van der Waals surface area contributed by atoms with Crippen molar-refractivity contribution in [2.45, 2.75) is 32.5 Å². The largest absolute Gasteiger partial charge is 0.493 e. The standard InChI is InChI=1S/C23H28O6/c1-14-5-20(24-3)22(28-12-18-10-26-18)8-16(14)7-17-9-23(29-13-19-11-27-19)21(25-4)6-15(17)2/h5-6,8-9,18-19H,7,10-13H2,1-4H3. The van der Waals surface area contributed by atoms with Crippen LogP contribution in [-0.2, 0) is 15.9 Å². The first-order valence-corrected chi connectivity index (χ1v) is 9.91. The first-order chi connectivity index (χ1) is 14.1. The molecule has 2 aromatic carbocycles. The van der Waals surface area contributed by atoms with Crippen LogP contribution in [0.1, 0.15) is 22.3 Å². The van der Waals surface area contributed by atoms with Crippen LogP contribution in [0.25, 0.3) is 0 Å². The van der Waals surface area contributed by atoms with Crippen LogP contribution in [0, 0.1) is 13.8 Å². The van der Waals surface area contributed by atoms with E-state index >= 15 is 0 Å². The summed E-state index contributed by atoms with van der Waals surface area (Å²) in [5.74, 6) is 2.98. The molecule has 2 atom stereocenters. The molecule has 0 aliphatic carbocycles. The molecule has 6 heteroatoms. The highest BCUT2D eigenvalue weighted by atomic mass is 16.6. The lowest BCUT2D eigenvalue weighted by Gasteiger charge is -2.17. The summed E-state index contributed by atoms with van der Waals surface area (Å²) in [4.78, 5) is 0. The van der Waals surface area contributed by atoms with Crippen LogP contribution in [0.2, 0.25) is 0 Å². The fourth-order valence-electron chi connectivity index (χ4n) is 3.23. The summed E-state index contributed by atoms with van der Waals surface area (Å²) in [7, 11) is 3.32. The molecule has 2 fully saturated rings. The Kier molecular flexibility index (Phi) is 5.83. The van der Waals surface area contributed by atoms with Gasteiger partial charge in [0.05, 0.1) is 27.4 Å². The summed E-state index contributed by atoms with van der Waals surface area (Å²) < 4.78 is 33.4. The average Bonchev–Trinajstić information content (AvgIpc) is 3.62. The molecule has 156 valence electrons. The Morgan fingerprint density at radius 3 is 1.48 bits per heavy atom. The lowest BCUT2D eigenvalue weighted by atomic mass is 9.96. The van der Waals surface area contributed by atoms with Crippen molar-refractivity contribution in [3.8, 4) is 23.0 Å². The summed E-state index contributed by atoms with van der Waals surface area (Å²) in [6, 6.07) is 8.19. The van der Waals surface area contributed by atoms with Crippen molar-refractivity contribution in [2.75, 3.05) is 40.6 Å². The molecular formula is C23H28O6. The van der Waals surface area contributed by atoms with Crippen molar-refractivity contribution in [1.82, 2.24) is 0 Å². The zero-order chi connectivity index (χ0) is 20.4. The van der Waals surface area contributed by atoms with Gasteiger partial charge in [-0.2, -0.15) is 0 Å². The van der Waals surface area contributed by atoms with E-state index in [1.165, 1.54) is 11.1 Å². The SMILES string of the molecule is COc1cc(C)c(Cc2cc(OCC3CO3)c(OC)cc2C)cc1OCC1CO1. The third-order valence-corrected chi connectivity index (χ3v) is 5.28. The second-order valence-electron chi connectivity index (χ2n) is 7.57. The summed E-state index contributed by atoms with van der Waals surface area (Å²) in [5.41, 5.74) is 4.67. The van der Waals surface area contributed by atoms with Gasteiger partial charge in [-0.3, -0.25) is 0 Å². The predicted octanol–water partition coefficient (Wildman–Crippen LogP) is 3.47. The fourth-order valence-corrected chi connectivity index (χ4v) is 3.23. The molecule has 0 N–H and O–H groups in total. The Morgan fingerprint density at radius 1 is 0.724 bits per heavy atom. The van der Waals surface area contributed by atoms with Gasteiger partial charge in [-0.15, -0.1) is 0 Å². The Morgan fingerprint density at radius 2 is 1.14 bits per heavy atom. The van der Waals surface area contributed by atoms with Crippen LogP contribution in [0.5, 0.6) is 23.0 Å². The van der Waals surface area contributed by atoms with Gasteiger partial charge in [-0.05, 0) is 66.8 Å². The normalized spacial score (nSPS) is 19.6. The first kappa shape index (κ1) is 19.9. The molecule has 0 amide bonds. The van der Waals surface area contributed by atoms with Gasteiger partial charge >= 0.3 is 0 Å². The molecule has 0 bridgehead atoms. The van der Waals surface area contributed by atoms with Crippen LogP contribution < -0.4 is 18.9 Å². The van der Waals surface area contributed by atoms with Crippen molar-refractivity contribution in [3.63, 3.8) is 0 Å². The highest BCUT2D eigenvalue weighted by Crippen LogP contribution is 2.35. The van der Waals surface area contributed by atoms with Gasteiger partial charge in [0.1, 0.15) is 25.4 Å². The Hall–Kier alpha value is -2.44. The fraction of sp³-hybridized carbons (Fsp3) is 0.478. The summed E-state index contributed by atoms with van der Waals surface area (Å²) in [5, 5.41) is 0. The number of hydrogen-bond acceptors (Lipinski definition) is 6. The summed E-state index contributed by atoms with van der Waals surface area (Å²) in [6.07, 6.45) is 1.16. The molecule has 0 radical (unpaired) electrons. The number of hydrogen-bond donors (Lipinski definition) is 0. The van der Waals surface area contributed by atoms with E-state index in [2.05, 4.69) is 26.0 Å². The third kappa shape index (κ3) is 4.95. The second-order valence-corrected chi connectivity index (χ2v) is 7.57. The molecule has 4 rings (SSSR count). The van der Waals surface area contributed by atoms with Crippen LogP contribution in [0.15, 0.2) is 24.3 Å². The maximum Gasteiger partial charge on any atom is 0.161 e. The lowest BCUT2D eigenvalue weighted by Crippen LogP contribution is -2.07. The van der Waals surface area contributed by atoms with E-state index in [0.29, 0.717) is 13.2 Å². The van der Waals surface area contributed by atoms with Crippen LogP contribution in [-0.4, -0.2) is 52.9 Å². The summed E-state index contributed by atoms with van der Waals surface area (Å²) >= 11 is 0. The molecule has 2 saturated heterocycles. The first-order valence-electron chi connectivity index (χ1n) is 9.91. The Balaban J connectivity index is 1.58. The van der Waals surface area contributed by atoms with Gasteiger partial charge in [-0.25, -0.2) is 0 Å². The van der Waals surface area contributed by atoms with E-state index in [4.69, 9.17) is 28.4 Å². The van der Waals surface area contributed by atoms with Gasteiger partial charge < -0.3 is 28.4 Å². The molecule has 2 heterocycles. The second kappa shape index (κ2) is 8.51. The highest BCUT2D eigenvalue weighted by molar-refractivity contribution is 5.52. The van der Waals surface area contributed by atoms with Crippen LogP contribution >= 0.6 is 0 Å². The number of epoxide rings is 2. The Bertz CT molecular complexity index is 799. The molecule has 29 heavy (non-hydrogen) atoms. The number of rotatable bonds is 10. The minimum atomic E-state index is 0.198. The van der Waals surface area contributed by atoms with Crippen molar-refractivity contribution in [2.24, 2.45) is 0 Å². The topological polar surface area (TPSA) is 62.0 Å². The van der Waals surface area contributed by atoms with Gasteiger partial charge in [-0.1, -0.05) is 0 Å². The smallest absolute Gasteiger partial charge is 0.161 e. The minimum absolute atomic E-state index is 0.198. The van der Waals surface area contributed by atoms with E-state index in [1.807, 2.05) is 12.1 Å². The molecule has 2 aromatic rings. The van der Waals surface area contributed by atoms with E-state index in [1.54, 1.807) is 14.2 Å². The lowest BCUT2D eigenvalue weighted by molar-refractivity contribution is 0.251. The molecule has 0 spiro atoms. The summed E-state index contributed by atoms with van der Waals surface area (Å²) in [6.45, 7) is 6.80. The average molecular weight is 400 g/mol. The minimum Gasteiger partial charge on any atom is -0.493 e. The molecule has 0 saturated carbocycles. The maximum absolute atomic E-state index is 5.94. The molecule has 2 unspecified atom stereocenters. The van der Waals surface area contributed by atoms with Crippen LogP contribution in [0.3, 0.4) is 0 Å². The molecule has 0 aromatic heterocycles. The Labute approximate surface area is 171 Å². The third-order valence-electron chi connectivity index (χ3n) is 5.28. The van der Waals surface area contributed by atoms with Gasteiger partial charge in [0.15, 0.2) is 23.0 Å². The maximum atomic E-state index is 5.94. The molecule has 2 aliphatic rings. The van der Waals surface area contributed by atoms with E-state index in [9.17, 15) is 0 Å². The quantitative estimate of drug-likeness (QED) is 0.569. The molecular weight excluding hydrogens is 372 g/mol. The van der Waals surface area contributed by atoms with E-state index in [0.717, 1.165) is 53.8 Å². The zero-order valence-electron chi connectivity index (χ0n) is 17.4. The highest BCUT2D eigenvalue weighted by Gasteiger charge is 2.25. The van der Waals surface area contributed by atoms with Crippen molar-refractivity contribution >= 4 is 0 Å². The van der Waals surface area contributed by atoms with E-state index in [-0.39, 0.29) is 12.2 Å². The number of ether oxygens (including phenoxy) is 6. The number of benzene rings is 2. The molecule has 6 nitrogen and oxygen atoms in total. The van der Waals surface area contributed by atoms with Crippen molar-refractivity contribution in [3.05, 3.63) is 46.5 Å². The van der Waals surface area contributed by atoms with Gasteiger partial charge in [0.2, 0.25) is 0 Å². The zero-order valence-corrected chi connectivity index (χ0v) is 17.4. The van der Waals surface area contributed by atoms with Gasteiger partial charge in [0.25, 0.3) is 0 Å². The number of aryl methyl sites for hydroxylation is 2. The predicted molar refractivity (Wildman–Crippen MR) is 109 cm³/mol. The van der Waals surface area contributed by atoms with Crippen molar-refractivity contribution < 1.29 is 28.4 Å². The monoisotopic (exact) mass is 400 g/mol. The van der Waals surface area contributed by atoms with Crippen LogP contribution in [0.4, 0.5) is 0 Å². The van der Waals surface area contributed by atoms with Crippen molar-refractivity contribution in [1.29, 1.82) is 0 Å². The van der Waals surface area contributed by atoms with E-state index < -0.39 is 0 Å².